The summed E-state index contributed by atoms with van der Waals surface area (Å²) in [6.07, 6.45) is -13.0. The number of rotatable bonds is 19. The van der Waals surface area contributed by atoms with Crippen LogP contribution in [0.5, 0.6) is 34.5 Å². The summed E-state index contributed by atoms with van der Waals surface area (Å²) >= 11 is 0. The Morgan fingerprint density at radius 1 is 0.262 bits per heavy atom. The first-order valence-corrected chi connectivity index (χ1v) is 25.3. The fraction of sp³-hybridized carbons (Fsp3) is 0.213. The van der Waals surface area contributed by atoms with E-state index in [0.717, 1.165) is 71.9 Å². The topological polar surface area (TPSA) is 306 Å². The number of hydrogen-bond acceptors (Lipinski definition) is 23. The Kier molecular flexibility index (Phi) is 19.9. The first-order valence-electron chi connectivity index (χ1n) is 25.3. The van der Waals surface area contributed by atoms with Gasteiger partial charge in [-0.25, -0.2) is 24.0 Å². The Morgan fingerprint density at radius 3 is 0.667 bits per heavy atom. The maximum atomic E-state index is 15.2. The molecular weight excluding hydrogens is 1100 g/mol. The molecule has 4 atom stereocenters. The summed E-state index contributed by atoms with van der Waals surface area (Å²) in [5, 5.41) is 0. The van der Waals surface area contributed by atoms with Gasteiger partial charge in [-0.3, -0.25) is 33.6 Å². The van der Waals surface area contributed by atoms with Crippen LogP contribution in [0.2, 0.25) is 0 Å². The highest BCUT2D eigenvalue weighted by molar-refractivity contribution is 6.01. The molecule has 0 saturated heterocycles. The van der Waals surface area contributed by atoms with Gasteiger partial charge < -0.3 is 52.1 Å². The highest BCUT2D eigenvalue weighted by atomic mass is 16.7. The molecular formula is C61H50O23. The van der Waals surface area contributed by atoms with Crippen molar-refractivity contribution in [3.63, 3.8) is 0 Å². The number of Topliss-reactive ketones (excluding diaryl/α,β-unsaturated/α-hetero) is 1. The number of carbonyl (C=O) groups excluding carboxylic acids is 12. The predicted octanol–water partition coefficient (Wildman–Crippen LogP) is 7.57. The molecule has 23 nitrogen and oxygen atoms in total. The lowest BCUT2D eigenvalue weighted by atomic mass is 9.74. The van der Waals surface area contributed by atoms with Gasteiger partial charge in [-0.05, 0) is 72.8 Å². The second-order valence-corrected chi connectivity index (χ2v) is 18.2. The molecule has 0 aromatic heterocycles. The molecule has 1 aliphatic rings. The largest absolute Gasteiger partial charge is 0.454 e. The van der Waals surface area contributed by atoms with E-state index in [0.29, 0.717) is 0 Å². The molecule has 6 aromatic rings. The van der Waals surface area contributed by atoms with Gasteiger partial charge in [0.25, 0.3) is 0 Å². The Balaban J connectivity index is 1.58. The van der Waals surface area contributed by atoms with Crippen LogP contribution >= 0.6 is 0 Å². The molecule has 4 unspecified atom stereocenters. The van der Waals surface area contributed by atoms with Crippen LogP contribution in [0.1, 0.15) is 110 Å². The summed E-state index contributed by atoms with van der Waals surface area (Å²) in [6, 6.07) is 30.8. The lowest BCUT2D eigenvalue weighted by Crippen LogP contribution is -2.66. The van der Waals surface area contributed by atoms with Crippen LogP contribution in [0.4, 0.5) is 0 Å². The molecule has 0 N–H and O–H groups in total. The fourth-order valence-corrected chi connectivity index (χ4v) is 8.77. The van der Waals surface area contributed by atoms with Crippen LogP contribution in [0.15, 0.2) is 146 Å². The quantitative estimate of drug-likeness (QED) is 0.0327. The van der Waals surface area contributed by atoms with Gasteiger partial charge >= 0.3 is 65.7 Å². The Morgan fingerprint density at radius 2 is 0.440 bits per heavy atom. The Labute approximate surface area is 477 Å². The molecule has 0 bridgehead atoms. The summed E-state index contributed by atoms with van der Waals surface area (Å²) in [5.74, 6) is -17.8. The van der Waals surface area contributed by atoms with Gasteiger partial charge in [-0.15, -0.1) is 0 Å². The summed E-state index contributed by atoms with van der Waals surface area (Å²) in [6.45, 7) is 6.20. The van der Waals surface area contributed by atoms with Crippen LogP contribution in [0.25, 0.3) is 0 Å². The molecule has 0 radical (unpaired) electrons. The van der Waals surface area contributed by atoms with E-state index in [4.69, 9.17) is 52.1 Å². The van der Waals surface area contributed by atoms with E-state index in [-0.39, 0.29) is 22.8 Å². The molecule has 1 fully saturated rings. The number of para-hydroxylation sites is 6. The van der Waals surface area contributed by atoms with Crippen molar-refractivity contribution >= 4 is 71.4 Å². The van der Waals surface area contributed by atoms with Gasteiger partial charge in [0.05, 0.1) is 5.56 Å². The molecule has 23 heteroatoms. The van der Waals surface area contributed by atoms with E-state index in [1.165, 1.54) is 115 Å². The number of benzene rings is 6. The molecule has 6 aromatic carbocycles. The molecule has 1 saturated carbocycles. The van der Waals surface area contributed by atoms with Crippen LogP contribution < -0.4 is 28.4 Å². The van der Waals surface area contributed by atoms with E-state index in [1.807, 2.05) is 0 Å². The van der Waals surface area contributed by atoms with Crippen LogP contribution in [-0.4, -0.2) is 102 Å². The van der Waals surface area contributed by atoms with Gasteiger partial charge in [-0.2, -0.15) is 0 Å². The number of ketones is 1. The van der Waals surface area contributed by atoms with Gasteiger partial charge in [0.15, 0.2) is 24.1 Å². The van der Waals surface area contributed by atoms with Crippen LogP contribution in [0.3, 0.4) is 0 Å². The zero-order chi connectivity index (χ0) is 60.8. The average molecular weight is 1150 g/mol. The summed E-state index contributed by atoms with van der Waals surface area (Å²) in [7, 11) is 0. The number of esters is 11. The monoisotopic (exact) mass is 1150 g/mol. The third-order valence-electron chi connectivity index (χ3n) is 12.0. The van der Waals surface area contributed by atoms with Crippen LogP contribution in [0, 0.1) is 5.92 Å². The summed E-state index contributed by atoms with van der Waals surface area (Å²) in [5.41, 5.74) is -2.77. The standard InChI is InChI=1S/C61H50O23/c1-32(62)74-46-25-13-7-19-38(46)45(68)31-44-52(80-57(69)39-20-8-14-26-47(39)75-33(2)63)54(82-59(71)41-22-10-16-28-49(41)77-35(4)65)56(84-61(73)43-24-12-18-30-51(43)79-37(6)67)55(83-60(72)42-23-11-17-29-50(42)78-36(5)66)53(44)81-58(70)40-21-9-15-27-48(40)76-34(3)64/h7-30,44,52-56H,31H2,1-6H3. The first kappa shape index (κ1) is 60.8. The molecule has 0 amide bonds. The van der Waals surface area contributed by atoms with E-state index in [9.17, 15) is 28.8 Å². The van der Waals surface area contributed by atoms with Crippen molar-refractivity contribution in [2.45, 2.75) is 78.5 Å². The summed E-state index contributed by atoms with van der Waals surface area (Å²) in [4.78, 5) is 165. The smallest absolute Gasteiger partial charge is 0.342 e. The maximum absolute atomic E-state index is 15.2. The predicted molar refractivity (Wildman–Crippen MR) is 285 cm³/mol. The van der Waals surface area contributed by atoms with E-state index in [2.05, 4.69) is 0 Å². The minimum Gasteiger partial charge on any atom is -0.454 e. The molecule has 0 aliphatic heterocycles. The van der Waals surface area contributed by atoms with E-state index < -0.39 is 159 Å². The fourth-order valence-electron chi connectivity index (χ4n) is 8.77. The highest BCUT2D eigenvalue weighted by Crippen LogP contribution is 2.42. The number of hydrogen-bond donors (Lipinski definition) is 0. The average Bonchev–Trinajstić information content (AvgIpc) is 3.16. The molecule has 0 heterocycles. The lowest BCUT2D eigenvalue weighted by Gasteiger charge is -2.48. The molecule has 432 valence electrons. The molecule has 0 spiro atoms. The SMILES string of the molecule is CC(=O)Oc1ccccc1C(=O)CC1C(OC(=O)c2ccccc2OC(C)=O)C(OC(=O)c2ccccc2OC(C)=O)C(OC(=O)c2ccccc2OC(C)=O)C(OC(=O)c2ccccc2OC(C)=O)C1OC(=O)c1ccccc1OC(C)=O. The Bertz CT molecular complexity index is 2970. The third-order valence-corrected chi connectivity index (χ3v) is 12.0. The minimum absolute atomic E-state index is 0.299. The second kappa shape index (κ2) is 27.6. The molecule has 7 rings (SSSR count). The van der Waals surface area contributed by atoms with Crippen molar-refractivity contribution in [2.75, 3.05) is 0 Å². The number of ether oxygens (including phenoxy) is 11. The first-order chi connectivity index (χ1) is 40.1. The van der Waals surface area contributed by atoms with Gasteiger partial charge in [-0.1, -0.05) is 72.8 Å². The van der Waals surface area contributed by atoms with Gasteiger partial charge in [0, 0.05) is 53.9 Å². The van der Waals surface area contributed by atoms with Gasteiger partial charge in [0.2, 0.25) is 0 Å². The van der Waals surface area contributed by atoms with Crippen molar-refractivity contribution in [3.8, 4) is 34.5 Å². The molecule has 84 heavy (non-hydrogen) atoms. The number of carbonyl (C=O) groups is 12. The normalized spacial score (nSPS) is 16.8. The van der Waals surface area contributed by atoms with Crippen molar-refractivity contribution in [3.05, 3.63) is 179 Å². The zero-order valence-corrected chi connectivity index (χ0v) is 45.4. The third kappa shape index (κ3) is 15.3. The Hall–Kier alpha value is -10.8. The highest BCUT2D eigenvalue weighted by Gasteiger charge is 2.60. The van der Waals surface area contributed by atoms with Crippen molar-refractivity contribution in [1.29, 1.82) is 0 Å². The zero-order valence-electron chi connectivity index (χ0n) is 45.4. The van der Waals surface area contributed by atoms with Crippen molar-refractivity contribution in [2.24, 2.45) is 5.92 Å². The lowest BCUT2D eigenvalue weighted by molar-refractivity contribution is -0.205. The van der Waals surface area contributed by atoms with E-state index in [1.54, 1.807) is 0 Å². The van der Waals surface area contributed by atoms with Crippen molar-refractivity contribution < 1.29 is 110 Å². The summed E-state index contributed by atoms with van der Waals surface area (Å²) < 4.78 is 63.6. The van der Waals surface area contributed by atoms with Crippen molar-refractivity contribution in [1.82, 2.24) is 0 Å². The van der Waals surface area contributed by atoms with Gasteiger partial charge in [0.1, 0.15) is 74.5 Å². The molecule has 1 aliphatic carbocycles. The van der Waals surface area contributed by atoms with E-state index >= 15 is 28.8 Å². The minimum atomic E-state index is -2.46. The maximum Gasteiger partial charge on any atom is 0.342 e. The second-order valence-electron chi connectivity index (χ2n) is 18.2. The van der Waals surface area contributed by atoms with Crippen LogP contribution in [-0.2, 0) is 52.5 Å².